The van der Waals surface area contributed by atoms with Crippen molar-refractivity contribution < 1.29 is 30.0 Å². The fourth-order valence-corrected chi connectivity index (χ4v) is 12.1. The lowest BCUT2D eigenvalue weighted by Crippen LogP contribution is -2.76. The van der Waals surface area contributed by atoms with E-state index in [0.717, 1.165) is 57.9 Å². The van der Waals surface area contributed by atoms with Crippen molar-refractivity contribution in [3.05, 3.63) is 49.6 Å². The molecule has 13 nitrogen and oxygen atoms in total. The van der Waals surface area contributed by atoms with Gasteiger partial charge in [-0.05, 0) is 62.5 Å². The molecule has 6 aliphatic rings. The molecule has 286 valence electrons. The van der Waals surface area contributed by atoms with E-state index in [1.807, 2.05) is 31.0 Å². The van der Waals surface area contributed by atoms with Gasteiger partial charge in [0.1, 0.15) is 22.3 Å². The molecule has 6 aromatic heterocycles. The average molecular weight is 796 g/mol. The summed E-state index contributed by atoms with van der Waals surface area (Å²) in [5.74, 6) is -0.908. The molecule has 0 aliphatic heterocycles. The number of aromatic nitrogens is 8. The van der Waals surface area contributed by atoms with E-state index in [4.69, 9.17) is 16.4 Å². The Morgan fingerprint density at radius 2 is 1.28 bits per heavy atom. The van der Waals surface area contributed by atoms with Crippen molar-refractivity contribution in [2.24, 2.45) is 11.1 Å². The van der Waals surface area contributed by atoms with E-state index in [0.29, 0.717) is 25.7 Å². The normalized spacial score (nSPS) is 27.1. The molecule has 4 N–H and O–H groups in total. The summed E-state index contributed by atoms with van der Waals surface area (Å²) >= 11 is 0. The molecule has 6 saturated carbocycles. The van der Waals surface area contributed by atoms with Crippen LogP contribution in [-0.2, 0) is 30.0 Å². The van der Waals surface area contributed by atoms with Gasteiger partial charge in [-0.2, -0.15) is 13.2 Å². The van der Waals surface area contributed by atoms with Gasteiger partial charge in [-0.1, -0.05) is 14.4 Å². The molecular formula is C34H41ClF3N9O4S2. The maximum Gasteiger partial charge on any atom is 0.390 e. The molecule has 0 unspecified atom stereocenters. The SMILES string of the molecule is C.CCCS(=O)(=O)Cl.NC12CC(n3cnc4cnc5[nH]ccc5c43)(C1)C2.O=S(=O)(CCC(F)(F)F)CC12CC(n3cnc4cnc5[nH]ccc5c43)(C1)C2. The first-order valence-electron chi connectivity index (χ1n) is 16.9. The standard InChI is InChI=1S/C17H17F3N4O2S.C13H13N5.C3H7ClO2S.CH4/c18-17(19,20)2-4-27(25,26)9-15-6-16(7-15,8-15)24-10-23-12-5-22-14-11(13(12)24)1-3-21-14;14-12-4-13(5-12,6-12)18-7-17-9-3-16-11-8(10(9)18)1-2-15-11;1-2-3-7(4,5)6;/h1,3,5,10H,2,4,6-9H2,(H,21,22);1-3,7H,4-6,14H2,(H,15,16);2-3H2,1H3;1H4. The summed E-state index contributed by atoms with van der Waals surface area (Å²) in [7, 11) is -2.12. The van der Waals surface area contributed by atoms with Gasteiger partial charge < -0.3 is 24.8 Å². The molecule has 0 amide bonds. The smallest absolute Gasteiger partial charge is 0.346 e. The zero-order valence-electron chi connectivity index (χ0n) is 28.1. The number of sulfone groups is 1. The number of fused-ring (bicyclic) bond motifs is 6. The number of alkyl halides is 3. The Bertz CT molecular complexity index is 2540. The molecule has 6 aromatic rings. The van der Waals surface area contributed by atoms with Gasteiger partial charge >= 0.3 is 6.18 Å². The second-order valence-electron chi connectivity index (χ2n) is 15.3. The Kier molecular flexibility index (Phi) is 8.79. The summed E-state index contributed by atoms with van der Waals surface area (Å²) in [6.45, 7) is 1.76. The van der Waals surface area contributed by atoms with Crippen molar-refractivity contribution in [2.45, 2.75) is 88.5 Å². The van der Waals surface area contributed by atoms with Crippen LogP contribution in [-0.4, -0.2) is 84.8 Å². The zero-order chi connectivity index (χ0) is 37.0. The Hall–Kier alpha value is -3.74. The van der Waals surface area contributed by atoms with E-state index in [-0.39, 0.29) is 41.0 Å². The lowest BCUT2D eigenvalue weighted by atomic mass is 9.40. The maximum atomic E-state index is 12.3. The number of nitrogens with two attached hydrogens (primary N) is 1. The van der Waals surface area contributed by atoms with Gasteiger partial charge in [-0.25, -0.2) is 36.8 Å². The fourth-order valence-electron chi connectivity index (χ4n) is 9.20. The van der Waals surface area contributed by atoms with Gasteiger partial charge in [0.25, 0.3) is 0 Å². The number of nitrogens with one attached hydrogen (secondary N) is 2. The highest BCUT2D eigenvalue weighted by Gasteiger charge is 2.70. The molecule has 6 heterocycles. The van der Waals surface area contributed by atoms with Crippen molar-refractivity contribution in [1.29, 1.82) is 0 Å². The highest BCUT2D eigenvalue weighted by Crippen LogP contribution is 2.72. The first-order chi connectivity index (χ1) is 24.4. The molecule has 53 heavy (non-hydrogen) atoms. The predicted octanol–water partition coefficient (Wildman–Crippen LogP) is 6.26. The average Bonchev–Trinajstić information content (AvgIpc) is 3.79. The fraction of sp³-hybridized carbons (Fsp3) is 0.529. The van der Waals surface area contributed by atoms with E-state index in [2.05, 4.69) is 45.1 Å². The van der Waals surface area contributed by atoms with Crippen LogP contribution in [0.1, 0.15) is 65.7 Å². The van der Waals surface area contributed by atoms with E-state index in [1.165, 1.54) is 5.52 Å². The minimum Gasteiger partial charge on any atom is -0.346 e. The zero-order valence-corrected chi connectivity index (χ0v) is 30.5. The minimum absolute atomic E-state index is 0. The topological polar surface area (TPSA) is 187 Å². The molecule has 19 heteroatoms. The first-order valence-corrected chi connectivity index (χ1v) is 21.2. The van der Waals surface area contributed by atoms with Crippen LogP contribution in [0.5, 0.6) is 0 Å². The number of hydrogen-bond acceptors (Lipinski definition) is 9. The highest BCUT2D eigenvalue weighted by atomic mass is 35.7. The van der Waals surface area contributed by atoms with Crippen LogP contribution in [0.4, 0.5) is 13.2 Å². The number of hydrogen-bond donors (Lipinski definition) is 3. The van der Waals surface area contributed by atoms with Crippen LogP contribution in [0.3, 0.4) is 0 Å². The van der Waals surface area contributed by atoms with E-state index >= 15 is 0 Å². The van der Waals surface area contributed by atoms with E-state index in [9.17, 15) is 30.0 Å². The molecule has 6 fully saturated rings. The quantitative estimate of drug-likeness (QED) is 0.149. The molecule has 0 radical (unpaired) electrons. The van der Waals surface area contributed by atoms with Crippen LogP contribution in [0, 0.1) is 5.41 Å². The molecule has 0 spiro atoms. The summed E-state index contributed by atoms with van der Waals surface area (Å²) in [6.07, 6.45) is 11.1. The van der Waals surface area contributed by atoms with Crippen LogP contribution < -0.4 is 5.73 Å². The highest BCUT2D eigenvalue weighted by molar-refractivity contribution is 8.13. The predicted molar refractivity (Wildman–Crippen MR) is 198 cm³/mol. The number of rotatable bonds is 8. The molecule has 0 saturated heterocycles. The van der Waals surface area contributed by atoms with Gasteiger partial charge in [0.2, 0.25) is 9.05 Å². The Labute approximate surface area is 308 Å². The number of aromatic amines is 2. The van der Waals surface area contributed by atoms with Crippen LogP contribution in [0.2, 0.25) is 0 Å². The second kappa shape index (κ2) is 12.4. The van der Waals surface area contributed by atoms with Gasteiger partial charge in [0.15, 0.2) is 9.84 Å². The number of nitrogens with zero attached hydrogens (tertiary/aromatic N) is 6. The Morgan fingerprint density at radius 3 is 1.68 bits per heavy atom. The summed E-state index contributed by atoms with van der Waals surface area (Å²) in [5.41, 5.74) is 11.5. The summed E-state index contributed by atoms with van der Waals surface area (Å²) in [5, 5.41) is 2.11. The van der Waals surface area contributed by atoms with Crippen molar-refractivity contribution in [3.8, 4) is 0 Å². The Morgan fingerprint density at radius 1 is 0.811 bits per heavy atom. The van der Waals surface area contributed by atoms with Crippen LogP contribution >= 0.6 is 10.7 Å². The van der Waals surface area contributed by atoms with Crippen LogP contribution in [0.25, 0.3) is 44.1 Å². The van der Waals surface area contributed by atoms with Crippen molar-refractivity contribution in [1.82, 2.24) is 39.0 Å². The third-order valence-electron chi connectivity index (χ3n) is 11.0. The molecule has 0 aromatic carbocycles. The number of imidazole rings is 2. The third kappa shape index (κ3) is 6.58. The lowest BCUT2D eigenvalue weighted by Gasteiger charge is -2.71. The van der Waals surface area contributed by atoms with Crippen molar-refractivity contribution in [2.75, 3.05) is 17.3 Å². The third-order valence-corrected chi connectivity index (χ3v) is 14.3. The minimum atomic E-state index is -4.45. The summed E-state index contributed by atoms with van der Waals surface area (Å²) in [4.78, 5) is 23.8. The van der Waals surface area contributed by atoms with Gasteiger partial charge in [0, 0.05) is 44.9 Å². The molecule has 6 aliphatic carbocycles. The monoisotopic (exact) mass is 795 g/mol. The largest absolute Gasteiger partial charge is 0.390 e. The van der Waals surface area contributed by atoms with Gasteiger partial charge in [-0.3, -0.25) is 0 Å². The van der Waals surface area contributed by atoms with Crippen molar-refractivity contribution >= 4 is 73.7 Å². The number of halogens is 4. The molecule has 12 rings (SSSR count). The molecular weight excluding hydrogens is 755 g/mol. The second-order valence-corrected chi connectivity index (χ2v) is 20.3. The van der Waals surface area contributed by atoms with E-state index in [1.54, 1.807) is 19.4 Å². The van der Waals surface area contributed by atoms with E-state index < -0.39 is 37.2 Å². The van der Waals surface area contributed by atoms with Gasteiger partial charge in [0.05, 0.1) is 65.3 Å². The number of H-pyrrole nitrogens is 2. The summed E-state index contributed by atoms with van der Waals surface area (Å²) < 4.78 is 85.7. The number of pyridine rings is 2. The maximum absolute atomic E-state index is 12.3. The summed E-state index contributed by atoms with van der Waals surface area (Å²) in [6, 6.07) is 4.01. The van der Waals surface area contributed by atoms with Crippen LogP contribution in [0.15, 0.2) is 49.6 Å². The Balaban J connectivity index is 0.000000144. The van der Waals surface area contributed by atoms with Crippen molar-refractivity contribution in [3.63, 3.8) is 0 Å². The molecule has 4 bridgehead atoms. The molecule has 0 atom stereocenters. The lowest BCUT2D eigenvalue weighted by molar-refractivity contribution is -0.168. The first kappa shape index (κ1) is 37.6. The van der Waals surface area contributed by atoms with Gasteiger partial charge in [-0.15, -0.1) is 0 Å².